The van der Waals surface area contributed by atoms with Crippen molar-refractivity contribution in [3.8, 4) is 0 Å². The quantitative estimate of drug-likeness (QED) is 0.520. The van der Waals surface area contributed by atoms with E-state index in [2.05, 4.69) is 20.4 Å². The summed E-state index contributed by atoms with van der Waals surface area (Å²) in [5, 5.41) is 12.0. The summed E-state index contributed by atoms with van der Waals surface area (Å²) in [6, 6.07) is 4.01. The summed E-state index contributed by atoms with van der Waals surface area (Å²) >= 11 is 0. The number of nitrogens with zero attached hydrogens (tertiary/aromatic N) is 2. The molecule has 12 heavy (non-hydrogen) atoms. The molecule has 0 unspecified atom stereocenters. The van der Waals surface area contributed by atoms with Crippen LogP contribution in [-0.2, 0) is 0 Å². The van der Waals surface area contributed by atoms with Crippen molar-refractivity contribution in [2.24, 2.45) is 0 Å². The van der Waals surface area contributed by atoms with Gasteiger partial charge in [-0.25, -0.2) is 5.21 Å². The van der Waals surface area contributed by atoms with Crippen LogP contribution in [0.4, 0.5) is 0 Å². The smallest absolute Gasteiger partial charge is 0.119 e. The van der Waals surface area contributed by atoms with E-state index in [0.29, 0.717) is 0 Å². The Balaban J connectivity index is 2.71. The highest BCUT2D eigenvalue weighted by molar-refractivity contribution is 6.03. The predicted octanol–water partition coefficient (Wildman–Crippen LogP) is 1.44. The van der Waals surface area contributed by atoms with E-state index in [1.807, 2.05) is 24.5 Å². The van der Waals surface area contributed by atoms with Crippen molar-refractivity contribution >= 4 is 21.8 Å². The van der Waals surface area contributed by atoms with Gasteiger partial charge in [-0.3, -0.25) is 10.1 Å². The Morgan fingerprint density at radius 3 is 3.17 bits per heavy atom. The first-order valence-electron chi connectivity index (χ1n) is 3.70. The SMILES string of the molecule is c1cc2[nH][nH]nc2c2cncc12. The van der Waals surface area contributed by atoms with Crippen LogP contribution in [-0.4, -0.2) is 20.4 Å². The lowest BCUT2D eigenvalue weighted by Gasteiger charge is -1.87. The van der Waals surface area contributed by atoms with Gasteiger partial charge in [0.1, 0.15) is 5.52 Å². The van der Waals surface area contributed by atoms with Crippen LogP contribution in [0.5, 0.6) is 0 Å². The third kappa shape index (κ3) is 0.567. The van der Waals surface area contributed by atoms with Gasteiger partial charge in [0, 0.05) is 23.2 Å². The zero-order valence-corrected chi connectivity index (χ0v) is 6.20. The molecule has 2 aromatic heterocycles. The minimum Gasteiger partial charge on any atom is -0.283 e. The highest BCUT2D eigenvalue weighted by atomic mass is 15.3. The Morgan fingerprint density at radius 1 is 1.17 bits per heavy atom. The van der Waals surface area contributed by atoms with Gasteiger partial charge in [0.05, 0.1) is 5.52 Å². The average molecular weight is 158 g/mol. The molecule has 4 nitrogen and oxygen atoms in total. The molecule has 0 amide bonds. The second-order valence-electron chi connectivity index (χ2n) is 2.72. The lowest BCUT2D eigenvalue weighted by molar-refractivity contribution is 0.960. The number of benzene rings is 1. The monoisotopic (exact) mass is 158 g/mol. The average Bonchev–Trinajstić information content (AvgIpc) is 2.71. The lowest BCUT2D eigenvalue weighted by Crippen LogP contribution is -1.69. The molecule has 0 aliphatic rings. The molecule has 2 N–H and O–H groups in total. The molecule has 58 valence electrons. The number of H-pyrrole nitrogens is 2. The van der Waals surface area contributed by atoms with E-state index in [1.165, 1.54) is 0 Å². The first-order valence-corrected chi connectivity index (χ1v) is 3.70. The fraction of sp³-hybridized carbons (Fsp3) is 0. The van der Waals surface area contributed by atoms with Crippen LogP contribution >= 0.6 is 0 Å². The van der Waals surface area contributed by atoms with E-state index in [4.69, 9.17) is 0 Å². The largest absolute Gasteiger partial charge is 0.283 e. The van der Waals surface area contributed by atoms with Crippen molar-refractivity contribution in [2.75, 3.05) is 0 Å². The molecule has 3 rings (SSSR count). The molecule has 0 spiro atoms. The van der Waals surface area contributed by atoms with Gasteiger partial charge in [0.2, 0.25) is 0 Å². The van der Waals surface area contributed by atoms with E-state index < -0.39 is 0 Å². The first kappa shape index (κ1) is 5.77. The maximum atomic E-state index is 4.10. The fourth-order valence-electron chi connectivity index (χ4n) is 1.43. The van der Waals surface area contributed by atoms with Gasteiger partial charge in [-0.05, 0) is 6.07 Å². The standard InChI is InChI=1S/C8H6N4/c1-2-7-8(11-12-10-7)6-4-9-3-5(1)6/h1-4,10,12H. The van der Waals surface area contributed by atoms with Crippen LogP contribution in [0.3, 0.4) is 0 Å². The van der Waals surface area contributed by atoms with Gasteiger partial charge in [-0.1, -0.05) is 6.07 Å². The summed E-state index contributed by atoms with van der Waals surface area (Å²) in [4.78, 5) is 4.06. The van der Waals surface area contributed by atoms with E-state index in [1.54, 1.807) is 0 Å². The lowest BCUT2D eigenvalue weighted by atomic mass is 10.2. The Kier molecular flexibility index (Phi) is 0.889. The zero-order chi connectivity index (χ0) is 7.97. The van der Waals surface area contributed by atoms with Gasteiger partial charge in [0.25, 0.3) is 0 Å². The molecule has 0 radical (unpaired) electrons. The summed E-state index contributed by atoms with van der Waals surface area (Å²) < 4.78 is 0. The highest BCUT2D eigenvalue weighted by Crippen LogP contribution is 2.20. The van der Waals surface area contributed by atoms with E-state index in [0.717, 1.165) is 21.8 Å². The second-order valence-corrected chi connectivity index (χ2v) is 2.72. The van der Waals surface area contributed by atoms with Crippen LogP contribution in [0, 0.1) is 0 Å². The molecule has 1 aromatic carbocycles. The summed E-state index contributed by atoms with van der Waals surface area (Å²) in [6.07, 6.45) is 3.66. The van der Waals surface area contributed by atoms with Crippen LogP contribution in [0.15, 0.2) is 24.5 Å². The van der Waals surface area contributed by atoms with E-state index in [-0.39, 0.29) is 0 Å². The van der Waals surface area contributed by atoms with Crippen molar-refractivity contribution in [3.63, 3.8) is 0 Å². The van der Waals surface area contributed by atoms with Gasteiger partial charge >= 0.3 is 0 Å². The highest BCUT2D eigenvalue weighted by Gasteiger charge is 2.02. The van der Waals surface area contributed by atoms with Gasteiger partial charge in [0.15, 0.2) is 0 Å². The Morgan fingerprint density at radius 2 is 2.17 bits per heavy atom. The molecule has 3 aromatic rings. The number of rotatable bonds is 0. The zero-order valence-electron chi connectivity index (χ0n) is 6.20. The number of aromatic amines is 2. The van der Waals surface area contributed by atoms with Crippen molar-refractivity contribution in [1.82, 2.24) is 20.4 Å². The molecule has 0 aliphatic heterocycles. The maximum absolute atomic E-state index is 4.10. The number of aromatic nitrogens is 4. The Bertz CT molecular complexity index is 484. The van der Waals surface area contributed by atoms with Gasteiger partial charge in [-0.2, -0.15) is 5.10 Å². The third-order valence-electron chi connectivity index (χ3n) is 2.03. The molecular formula is C8H6N4. The predicted molar refractivity (Wildman–Crippen MR) is 45.7 cm³/mol. The molecule has 2 heterocycles. The van der Waals surface area contributed by atoms with Crippen molar-refractivity contribution in [3.05, 3.63) is 24.5 Å². The van der Waals surface area contributed by atoms with Gasteiger partial charge < -0.3 is 0 Å². The summed E-state index contributed by atoms with van der Waals surface area (Å²) in [5.41, 5.74) is 1.96. The van der Waals surface area contributed by atoms with E-state index in [9.17, 15) is 0 Å². The van der Waals surface area contributed by atoms with Crippen molar-refractivity contribution in [1.29, 1.82) is 0 Å². The molecule has 0 saturated carbocycles. The fourth-order valence-corrected chi connectivity index (χ4v) is 1.43. The molecular weight excluding hydrogens is 152 g/mol. The van der Waals surface area contributed by atoms with Crippen LogP contribution in [0.2, 0.25) is 0 Å². The molecule has 0 atom stereocenters. The molecule has 0 bridgehead atoms. The normalized spacial score (nSPS) is 11.3. The number of nitrogens with one attached hydrogen (secondary N) is 2. The van der Waals surface area contributed by atoms with Crippen LogP contribution in [0.1, 0.15) is 0 Å². The molecule has 0 fully saturated rings. The van der Waals surface area contributed by atoms with Crippen LogP contribution < -0.4 is 0 Å². The minimum atomic E-state index is 0.949. The van der Waals surface area contributed by atoms with Crippen molar-refractivity contribution in [2.45, 2.75) is 0 Å². The Hall–Kier alpha value is -1.84. The summed E-state index contributed by atoms with van der Waals surface area (Å²) in [6.45, 7) is 0. The van der Waals surface area contributed by atoms with E-state index >= 15 is 0 Å². The minimum absolute atomic E-state index is 0.949. The van der Waals surface area contributed by atoms with Gasteiger partial charge in [-0.15, -0.1) is 0 Å². The number of fused-ring (bicyclic) bond motifs is 3. The number of hydrogen-bond donors (Lipinski definition) is 2. The molecule has 0 aliphatic carbocycles. The van der Waals surface area contributed by atoms with Crippen molar-refractivity contribution < 1.29 is 0 Å². The molecule has 0 saturated heterocycles. The summed E-state index contributed by atoms with van der Waals surface area (Å²) in [7, 11) is 0. The van der Waals surface area contributed by atoms with Crippen LogP contribution in [0.25, 0.3) is 21.8 Å². The summed E-state index contributed by atoms with van der Waals surface area (Å²) in [5.74, 6) is 0. The first-order chi connectivity index (χ1) is 5.95. The third-order valence-corrected chi connectivity index (χ3v) is 2.03. The Labute approximate surface area is 67.6 Å². The topological polar surface area (TPSA) is 57.4 Å². The maximum Gasteiger partial charge on any atom is 0.119 e. The molecule has 4 heteroatoms. The second kappa shape index (κ2) is 1.85. The number of hydrogen-bond acceptors (Lipinski definition) is 2.